The van der Waals surface area contributed by atoms with Gasteiger partial charge in [-0.1, -0.05) is 31.4 Å². The molecule has 222 valence electrons. The zero-order chi connectivity index (χ0) is 28.7. The van der Waals surface area contributed by atoms with E-state index in [1.165, 1.54) is 44.2 Å². The number of rotatable bonds is 5. The lowest BCUT2D eigenvalue weighted by molar-refractivity contribution is -0.142. The lowest BCUT2D eigenvalue weighted by Gasteiger charge is -2.51. The van der Waals surface area contributed by atoms with E-state index in [0.717, 1.165) is 57.5 Å². The van der Waals surface area contributed by atoms with Crippen LogP contribution >= 0.6 is 0 Å². The molecule has 3 heterocycles. The number of amides is 2. The molecule has 40 heavy (non-hydrogen) atoms. The zero-order valence-corrected chi connectivity index (χ0v) is 25.4. The molecule has 5 rings (SSSR count). The molecule has 3 aliphatic heterocycles. The van der Waals surface area contributed by atoms with E-state index < -0.39 is 0 Å². The minimum absolute atomic E-state index is 0.0154. The molecule has 1 aromatic rings. The maximum Gasteiger partial charge on any atom is 0.410 e. The Kier molecular flexibility index (Phi) is 8.26. The second kappa shape index (κ2) is 11.3. The van der Waals surface area contributed by atoms with Crippen molar-refractivity contribution in [2.45, 2.75) is 103 Å². The summed E-state index contributed by atoms with van der Waals surface area (Å²) in [5.74, 6) is 0.547. The van der Waals surface area contributed by atoms with Crippen molar-refractivity contribution in [2.24, 2.45) is 17.3 Å². The highest BCUT2D eigenvalue weighted by Gasteiger charge is 2.50. The Bertz CT molecular complexity index is 1050. The zero-order valence-electron chi connectivity index (χ0n) is 25.4. The molecule has 1 saturated carbocycles. The number of benzene rings is 1. The lowest BCUT2D eigenvalue weighted by atomic mass is 9.63. The Balaban J connectivity index is 1.34. The van der Waals surface area contributed by atoms with Gasteiger partial charge in [-0.15, -0.1) is 0 Å². The van der Waals surface area contributed by atoms with Gasteiger partial charge in [0.15, 0.2) is 0 Å². The molecule has 6 nitrogen and oxygen atoms in total. The first kappa shape index (κ1) is 29.3. The summed E-state index contributed by atoms with van der Waals surface area (Å²) in [6, 6.07) is 6.79. The Morgan fingerprint density at radius 2 is 1.65 bits per heavy atom. The summed E-state index contributed by atoms with van der Waals surface area (Å²) in [5, 5.41) is 0. The Morgan fingerprint density at radius 3 is 2.23 bits per heavy atom. The van der Waals surface area contributed by atoms with Gasteiger partial charge in [0.1, 0.15) is 12.4 Å². The SMILES string of the molecule is CC(C)(C)N1CCC(C(=O)N2CCC(CN3C(=O)OCC3(C)C)(C3CCCCC3)CC2)C(c2ccc(F)cc2)C1. The smallest absolute Gasteiger partial charge is 0.410 e. The molecule has 4 aliphatic rings. The lowest BCUT2D eigenvalue weighted by Crippen LogP contribution is -2.57. The molecule has 1 aromatic carbocycles. The van der Waals surface area contributed by atoms with E-state index in [1.54, 1.807) is 0 Å². The minimum Gasteiger partial charge on any atom is -0.447 e. The van der Waals surface area contributed by atoms with Crippen LogP contribution in [0.1, 0.15) is 97.5 Å². The first-order valence-electron chi connectivity index (χ1n) is 15.6. The molecule has 0 N–H and O–H groups in total. The second-order valence-corrected chi connectivity index (χ2v) is 14.6. The van der Waals surface area contributed by atoms with Crippen LogP contribution in [0.5, 0.6) is 0 Å². The van der Waals surface area contributed by atoms with Crippen LogP contribution in [0.15, 0.2) is 24.3 Å². The molecule has 0 radical (unpaired) electrons. The minimum atomic E-state index is -0.297. The maximum absolute atomic E-state index is 14.2. The maximum atomic E-state index is 14.2. The number of carbonyl (C=O) groups excluding carboxylic acids is 2. The van der Waals surface area contributed by atoms with Crippen molar-refractivity contribution in [2.75, 3.05) is 39.3 Å². The highest BCUT2D eigenvalue weighted by Crippen LogP contribution is 2.48. The Hall–Kier alpha value is -2.15. The van der Waals surface area contributed by atoms with Gasteiger partial charge in [0.25, 0.3) is 0 Å². The monoisotopic (exact) mass is 555 g/mol. The quantitative estimate of drug-likeness (QED) is 0.419. The summed E-state index contributed by atoms with van der Waals surface area (Å²) in [7, 11) is 0. The highest BCUT2D eigenvalue weighted by molar-refractivity contribution is 5.80. The van der Waals surface area contributed by atoms with E-state index in [1.807, 2.05) is 17.0 Å². The number of hydrogen-bond donors (Lipinski definition) is 0. The van der Waals surface area contributed by atoms with Crippen LogP contribution in [0.4, 0.5) is 9.18 Å². The number of cyclic esters (lactones) is 1. The molecule has 7 heteroatoms. The predicted molar refractivity (Wildman–Crippen MR) is 156 cm³/mol. The molecule has 0 aromatic heterocycles. The Morgan fingerprint density at radius 1 is 1.00 bits per heavy atom. The van der Waals surface area contributed by atoms with Crippen molar-refractivity contribution < 1.29 is 18.7 Å². The van der Waals surface area contributed by atoms with Crippen molar-refractivity contribution in [3.63, 3.8) is 0 Å². The summed E-state index contributed by atoms with van der Waals surface area (Å²) in [6.45, 7) is 15.2. The van der Waals surface area contributed by atoms with Gasteiger partial charge >= 0.3 is 6.09 Å². The van der Waals surface area contributed by atoms with E-state index in [-0.39, 0.29) is 46.1 Å². The number of carbonyl (C=O) groups is 2. The standard InChI is InChI=1S/C33H50FN3O3/c1-31(2,3)36-18-15-27(28(21-36)24-11-13-26(34)14-12-24)29(38)35-19-16-33(17-20-35,25-9-7-6-8-10-25)22-37-30(39)40-23-32(37,4)5/h11-14,25,27-28H,6-10,15-23H2,1-5H3. The van der Waals surface area contributed by atoms with Crippen molar-refractivity contribution >= 4 is 12.0 Å². The predicted octanol–water partition coefficient (Wildman–Crippen LogP) is 6.45. The number of nitrogens with zero attached hydrogens (tertiary/aromatic N) is 3. The topological polar surface area (TPSA) is 53.1 Å². The van der Waals surface area contributed by atoms with E-state index in [9.17, 15) is 14.0 Å². The normalized spacial score (nSPS) is 28.0. The molecule has 4 fully saturated rings. The van der Waals surface area contributed by atoms with E-state index >= 15 is 0 Å². The first-order chi connectivity index (χ1) is 18.9. The van der Waals surface area contributed by atoms with Gasteiger partial charge < -0.3 is 9.64 Å². The molecule has 1 aliphatic carbocycles. The van der Waals surface area contributed by atoms with Crippen molar-refractivity contribution in [1.29, 1.82) is 0 Å². The van der Waals surface area contributed by atoms with Crippen LogP contribution in [0.25, 0.3) is 0 Å². The van der Waals surface area contributed by atoms with Gasteiger partial charge in [-0.25, -0.2) is 9.18 Å². The summed E-state index contributed by atoms with van der Waals surface area (Å²) in [5.41, 5.74) is 0.803. The van der Waals surface area contributed by atoms with Crippen LogP contribution in [0, 0.1) is 23.1 Å². The number of halogens is 1. The van der Waals surface area contributed by atoms with Crippen LogP contribution in [-0.4, -0.2) is 77.1 Å². The van der Waals surface area contributed by atoms with Crippen molar-refractivity contribution in [1.82, 2.24) is 14.7 Å². The molecule has 2 atom stereocenters. The van der Waals surface area contributed by atoms with Crippen LogP contribution in [0.2, 0.25) is 0 Å². The number of likely N-dealkylation sites (tertiary alicyclic amines) is 2. The molecule has 3 saturated heterocycles. The molecule has 2 amide bonds. The average molecular weight is 556 g/mol. The number of piperidine rings is 2. The van der Waals surface area contributed by atoms with Gasteiger partial charge in [0, 0.05) is 43.6 Å². The van der Waals surface area contributed by atoms with Crippen LogP contribution in [-0.2, 0) is 9.53 Å². The molecular formula is C33H50FN3O3. The molecule has 0 bridgehead atoms. The fourth-order valence-electron chi connectivity index (χ4n) is 7.96. The fourth-order valence-corrected chi connectivity index (χ4v) is 7.96. The van der Waals surface area contributed by atoms with Gasteiger partial charge in [-0.2, -0.15) is 0 Å². The van der Waals surface area contributed by atoms with Crippen molar-refractivity contribution in [3.05, 3.63) is 35.6 Å². The van der Waals surface area contributed by atoms with Crippen molar-refractivity contribution in [3.8, 4) is 0 Å². The fraction of sp³-hybridized carbons (Fsp3) is 0.758. The van der Waals surface area contributed by atoms with E-state index in [4.69, 9.17) is 4.74 Å². The summed E-state index contributed by atoms with van der Waals surface area (Å²) < 4.78 is 19.3. The largest absolute Gasteiger partial charge is 0.447 e. The van der Waals surface area contributed by atoms with Gasteiger partial charge in [-0.05, 0) is 102 Å². The average Bonchev–Trinajstić information content (AvgIpc) is 3.20. The van der Waals surface area contributed by atoms with E-state index in [0.29, 0.717) is 12.5 Å². The molecular weight excluding hydrogens is 505 g/mol. The Labute approximate surface area is 240 Å². The molecule has 2 unspecified atom stereocenters. The number of hydrogen-bond acceptors (Lipinski definition) is 4. The summed E-state index contributed by atoms with van der Waals surface area (Å²) >= 11 is 0. The third kappa shape index (κ3) is 5.91. The third-order valence-electron chi connectivity index (χ3n) is 10.7. The number of ether oxygens (including phenoxy) is 1. The van der Waals surface area contributed by atoms with Gasteiger partial charge in [0.2, 0.25) is 5.91 Å². The second-order valence-electron chi connectivity index (χ2n) is 14.6. The van der Waals surface area contributed by atoms with Gasteiger partial charge in [-0.3, -0.25) is 14.6 Å². The molecule has 0 spiro atoms. The van der Waals surface area contributed by atoms with Gasteiger partial charge in [0.05, 0.1) is 5.54 Å². The summed E-state index contributed by atoms with van der Waals surface area (Å²) in [6.07, 6.45) is 8.75. The summed E-state index contributed by atoms with van der Waals surface area (Å²) in [4.78, 5) is 33.5. The first-order valence-corrected chi connectivity index (χ1v) is 15.6. The third-order valence-corrected chi connectivity index (χ3v) is 10.7. The highest BCUT2D eigenvalue weighted by atomic mass is 19.1. The van der Waals surface area contributed by atoms with Crippen LogP contribution < -0.4 is 0 Å². The van der Waals surface area contributed by atoms with Crippen LogP contribution in [0.3, 0.4) is 0 Å². The van der Waals surface area contributed by atoms with E-state index in [2.05, 4.69) is 44.4 Å².